The van der Waals surface area contributed by atoms with Crippen molar-refractivity contribution in [1.82, 2.24) is 0 Å². The van der Waals surface area contributed by atoms with Crippen LogP contribution < -0.4 is 0 Å². The summed E-state index contributed by atoms with van der Waals surface area (Å²) in [5.41, 5.74) is -1.39. The Hall–Kier alpha value is -1.89. The van der Waals surface area contributed by atoms with Gasteiger partial charge in [0.2, 0.25) is 5.60 Å². The molecule has 0 aliphatic carbocycles. The number of carbonyl (C=O) groups excluding carboxylic acids is 2. The highest BCUT2D eigenvalue weighted by Gasteiger charge is 2.48. The van der Waals surface area contributed by atoms with Gasteiger partial charge >= 0.3 is 17.9 Å². The van der Waals surface area contributed by atoms with Crippen LogP contribution in [0.25, 0.3) is 0 Å². The summed E-state index contributed by atoms with van der Waals surface area (Å²) >= 11 is 0. The van der Waals surface area contributed by atoms with E-state index in [0.29, 0.717) is 38.7 Å². The normalized spacial score (nSPS) is 19.1. The first-order chi connectivity index (χ1) is 12.4. The van der Waals surface area contributed by atoms with Crippen molar-refractivity contribution < 1.29 is 33.7 Å². The fraction of sp³-hybridized carbons (Fsp3) is 0.737. The lowest BCUT2D eigenvalue weighted by atomic mass is 9.80. The topological polar surface area (TPSA) is 102 Å². The number of rotatable bonds is 14. The highest BCUT2D eigenvalue weighted by molar-refractivity contribution is 5.87. The van der Waals surface area contributed by atoms with E-state index in [1.54, 1.807) is 0 Å². The lowest BCUT2D eigenvalue weighted by Gasteiger charge is -2.36. The molecule has 3 unspecified atom stereocenters. The van der Waals surface area contributed by atoms with Crippen molar-refractivity contribution >= 4 is 17.9 Å². The molecule has 0 spiro atoms. The first-order valence-corrected chi connectivity index (χ1v) is 9.21. The van der Waals surface area contributed by atoms with Crippen LogP contribution in [0.2, 0.25) is 0 Å². The first-order valence-electron chi connectivity index (χ1n) is 9.21. The summed E-state index contributed by atoms with van der Waals surface area (Å²) in [6.07, 6.45) is 4.58. The number of hydrogen-bond donors (Lipinski definition) is 1. The Morgan fingerprint density at radius 3 is 2.58 bits per heavy atom. The largest absolute Gasteiger partial charge is 0.481 e. The second-order valence-corrected chi connectivity index (χ2v) is 6.71. The second kappa shape index (κ2) is 11.0. The second-order valence-electron chi connectivity index (χ2n) is 6.71. The zero-order valence-electron chi connectivity index (χ0n) is 15.7. The fourth-order valence-corrected chi connectivity index (χ4v) is 2.82. The van der Waals surface area contributed by atoms with Gasteiger partial charge in [-0.05, 0) is 25.7 Å². The van der Waals surface area contributed by atoms with Crippen molar-refractivity contribution in [1.29, 1.82) is 0 Å². The number of aliphatic carboxylic acids is 1. The van der Waals surface area contributed by atoms with E-state index in [1.807, 2.05) is 13.8 Å². The van der Waals surface area contributed by atoms with E-state index in [-0.39, 0.29) is 25.0 Å². The molecule has 1 saturated heterocycles. The van der Waals surface area contributed by atoms with E-state index in [0.717, 1.165) is 12.5 Å². The molecule has 0 radical (unpaired) electrons. The Bertz CT molecular complexity index is 498. The molecule has 0 bridgehead atoms. The van der Waals surface area contributed by atoms with Crippen LogP contribution in [0.3, 0.4) is 0 Å². The molecular weight excluding hydrogens is 340 g/mol. The highest BCUT2D eigenvalue weighted by Crippen LogP contribution is 2.34. The summed E-state index contributed by atoms with van der Waals surface area (Å²) in [7, 11) is 0. The van der Waals surface area contributed by atoms with Gasteiger partial charge in [-0.3, -0.25) is 4.79 Å². The van der Waals surface area contributed by atoms with Crippen LogP contribution in [0, 0.1) is 5.92 Å². The third-order valence-corrected chi connectivity index (χ3v) is 4.57. The summed E-state index contributed by atoms with van der Waals surface area (Å²) in [6, 6.07) is 0. The molecule has 148 valence electrons. The van der Waals surface area contributed by atoms with E-state index < -0.39 is 23.5 Å². The summed E-state index contributed by atoms with van der Waals surface area (Å²) in [5.74, 6) is -2.39. The predicted octanol–water partition coefficient (Wildman–Crippen LogP) is 2.87. The molecule has 0 aromatic rings. The Balaban J connectivity index is 2.87. The van der Waals surface area contributed by atoms with Crippen LogP contribution in [0.15, 0.2) is 12.7 Å². The number of esters is 2. The molecule has 26 heavy (non-hydrogen) atoms. The van der Waals surface area contributed by atoms with Crippen LogP contribution in [-0.2, 0) is 28.6 Å². The molecule has 3 atom stereocenters. The van der Waals surface area contributed by atoms with Gasteiger partial charge in [0.1, 0.15) is 12.7 Å². The smallest absolute Gasteiger partial charge is 0.350 e. The molecule has 1 aliphatic heterocycles. The first kappa shape index (κ1) is 22.2. The van der Waals surface area contributed by atoms with Crippen LogP contribution in [-0.4, -0.2) is 47.9 Å². The van der Waals surface area contributed by atoms with Crippen molar-refractivity contribution in [2.75, 3.05) is 13.2 Å². The van der Waals surface area contributed by atoms with Crippen molar-refractivity contribution in [3.05, 3.63) is 12.7 Å². The minimum atomic E-state index is -1.39. The van der Waals surface area contributed by atoms with Crippen molar-refractivity contribution in [3.8, 4) is 0 Å². The Kier molecular flexibility index (Phi) is 9.34. The number of hydrogen-bond acceptors (Lipinski definition) is 6. The number of epoxide rings is 1. The monoisotopic (exact) mass is 370 g/mol. The average molecular weight is 370 g/mol. The summed E-state index contributed by atoms with van der Waals surface area (Å²) < 4.78 is 16.0. The molecule has 0 amide bonds. The number of unbranched alkanes of at least 4 members (excludes halogenated alkanes) is 2. The van der Waals surface area contributed by atoms with Crippen molar-refractivity contribution in [2.45, 2.75) is 70.5 Å². The molecule has 1 rings (SSSR count). The maximum atomic E-state index is 12.9. The molecule has 7 nitrogen and oxygen atoms in total. The van der Waals surface area contributed by atoms with Gasteiger partial charge in [0.15, 0.2) is 0 Å². The van der Waals surface area contributed by atoms with Crippen LogP contribution in [0.4, 0.5) is 0 Å². The van der Waals surface area contributed by atoms with Crippen LogP contribution >= 0.6 is 0 Å². The summed E-state index contributed by atoms with van der Waals surface area (Å²) in [4.78, 5) is 35.4. The molecule has 1 heterocycles. The number of carboxylic acids is 1. The van der Waals surface area contributed by atoms with Gasteiger partial charge in [-0.2, -0.15) is 0 Å². The molecule has 0 aromatic heterocycles. The van der Waals surface area contributed by atoms with Crippen molar-refractivity contribution in [3.63, 3.8) is 0 Å². The molecule has 0 saturated carbocycles. The van der Waals surface area contributed by atoms with Gasteiger partial charge in [0, 0.05) is 18.4 Å². The molecule has 7 heteroatoms. The van der Waals surface area contributed by atoms with E-state index in [4.69, 9.17) is 19.3 Å². The van der Waals surface area contributed by atoms with Gasteiger partial charge in [-0.25, -0.2) is 9.59 Å². The standard InChI is InChI=1S/C19H30O7/c1-4-6-11-19(26-17(22)5-2,18(23)25-13-15-12-24-15)14(3)9-7-8-10-16(20)21/h5,14-15H,2,4,6-13H2,1,3H3,(H,20,21). The molecule has 1 aliphatic rings. The van der Waals surface area contributed by atoms with Gasteiger partial charge < -0.3 is 19.3 Å². The van der Waals surface area contributed by atoms with Gasteiger partial charge in [0.25, 0.3) is 0 Å². The SMILES string of the molecule is C=CC(=O)OC(CCCC)(C(=O)OCC1CO1)C(C)CCCCC(=O)O. The predicted molar refractivity (Wildman–Crippen MR) is 94.5 cm³/mol. The quantitative estimate of drug-likeness (QED) is 0.217. The Labute approximate surface area is 154 Å². The lowest BCUT2D eigenvalue weighted by Crippen LogP contribution is -2.50. The fourth-order valence-electron chi connectivity index (χ4n) is 2.82. The van der Waals surface area contributed by atoms with Crippen LogP contribution in [0.1, 0.15) is 58.8 Å². The maximum Gasteiger partial charge on any atom is 0.350 e. The molecule has 1 fully saturated rings. The zero-order chi connectivity index (χ0) is 19.6. The van der Waals surface area contributed by atoms with Crippen LogP contribution in [0.5, 0.6) is 0 Å². The highest BCUT2D eigenvalue weighted by atomic mass is 16.6. The number of carbonyl (C=O) groups is 3. The van der Waals surface area contributed by atoms with E-state index in [1.165, 1.54) is 0 Å². The third kappa shape index (κ3) is 7.15. The number of ether oxygens (including phenoxy) is 3. The minimum Gasteiger partial charge on any atom is -0.481 e. The Morgan fingerprint density at radius 1 is 1.35 bits per heavy atom. The average Bonchev–Trinajstić information content (AvgIpc) is 3.43. The van der Waals surface area contributed by atoms with Gasteiger partial charge in [-0.15, -0.1) is 0 Å². The number of carboxylic acid groups (broad SMARTS) is 1. The molecule has 1 N–H and O–H groups in total. The van der Waals surface area contributed by atoms with Gasteiger partial charge in [-0.1, -0.05) is 33.3 Å². The summed E-state index contributed by atoms with van der Waals surface area (Å²) in [5, 5.41) is 8.76. The maximum absolute atomic E-state index is 12.9. The van der Waals surface area contributed by atoms with E-state index in [2.05, 4.69) is 6.58 Å². The molecule has 0 aromatic carbocycles. The minimum absolute atomic E-state index is 0.0740. The lowest BCUT2D eigenvalue weighted by molar-refractivity contribution is -0.189. The van der Waals surface area contributed by atoms with Crippen molar-refractivity contribution in [2.24, 2.45) is 5.92 Å². The van der Waals surface area contributed by atoms with E-state index >= 15 is 0 Å². The third-order valence-electron chi connectivity index (χ3n) is 4.57. The Morgan fingerprint density at radius 2 is 2.04 bits per heavy atom. The summed E-state index contributed by atoms with van der Waals surface area (Å²) in [6.45, 7) is 7.94. The zero-order valence-corrected chi connectivity index (χ0v) is 15.7. The van der Waals surface area contributed by atoms with Gasteiger partial charge in [0.05, 0.1) is 6.61 Å². The molecular formula is C19H30O7. The van der Waals surface area contributed by atoms with E-state index in [9.17, 15) is 14.4 Å².